The summed E-state index contributed by atoms with van der Waals surface area (Å²) >= 11 is 0. The van der Waals surface area contributed by atoms with Crippen LogP contribution in [0.4, 0.5) is 4.79 Å². The van der Waals surface area contributed by atoms with Crippen LogP contribution in [0.25, 0.3) is 0 Å². The van der Waals surface area contributed by atoms with Gasteiger partial charge in [0.15, 0.2) is 34.5 Å². The quantitative estimate of drug-likeness (QED) is 0.0387. The van der Waals surface area contributed by atoms with E-state index in [0.717, 1.165) is 138 Å². The fourth-order valence-electron chi connectivity index (χ4n) is 13.2. The lowest BCUT2D eigenvalue weighted by Crippen LogP contribution is -2.54. The predicted molar refractivity (Wildman–Crippen MR) is 378 cm³/mol. The van der Waals surface area contributed by atoms with Crippen LogP contribution in [0.15, 0.2) is 97.1 Å². The number of amides is 3. The number of ether oxygens (including phenoxy) is 13. The predicted octanol–water partition coefficient (Wildman–Crippen LogP) is 11.6. The van der Waals surface area contributed by atoms with Gasteiger partial charge in [-0.1, -0.05) is 57.2 Å². The molecule has 0 radical (unpaired) electrons. The molecule has 0 spiro atoms. The van der Waals surface area contributed by atoms with E-state index in [1.807, 2.05) is 104 Å². The molecule has 542 valence electrons. The van der Waals surface area contributed by atoms with Gasteiger partial charge in [0.25, 0.3) is 0 Å². The third-order valence-corrected chi connectivity index (χ3v) is 19.0. The maximum absolute atomic E-state index is 14.4. The number of carbonyl (C=O) groups excluding carboxylic acids is 4. The van der Waals surface area contributed by atoms with Crippen molar-refractivity contribution in [1.29, 1.82) is 0 Å². The molecule has 22 nitrogen and oxygen atoms in total. The molecule has 5 aromatic carbocycles. The number of esters is 2. The van der Waals surface area contributed by atoms with Crippen LogP contribution in [0.1, 0.15) is 137 Å². The number of hydrogen-bond donors (Lipinski definition) is 1. The molecule has 5 aromatic rings. The summed E-state index contributed by atoms with van der Waals surface area (Å²) in [5.41, 5.74) is 4.46. The molecule has 0 bridgehead atoms. The summed E-state index contributed by atoms with van der Waals surface area (Å²) in [5.74, 6) is 3.98. The molecular formula is C77H107N5O17. The summed E-state index contributed by atoms with van der Waals surface area (Å²) in [5, 5.41) is 3.10. The Hall–Kier alpha value is -8.18. The molecule has 22 heteroatoms. The number of urea groups is 1. The molecule has 0 saturated carbocycles. The maximum Gasteiger partial charge on any atom is 0.329 e. The van der Waals surface area contributed by atoms with Gasteiger partial charge in [0.1, 0.15) is 49.0 Å². The number of hydrogen-bond acceptors (Lipinski definition) is 19. The van der Waals surface area contributed by atoms with Crippen LogP contribution in [-0.2, 0) is 46.2 Å². The molecule has 5 atom stereocenters. The van der Waals surface area contributed by atoms with Crippen molar-refractivity contribution in [2.75, 3.05) is 142 Å². The highest BCUT2D eigenvalue weighted by Gasteiger charge is 2.39. The summed E-state index contributed by atoms with van der Waals surface area (Å²) in [6.07, 6.45) is 7.83. The Kier molecular flexibility index (Phi) is 31.1. The minimum Gasteiger partial charge on any atom is -0.493 e. The Morgan fingerprint density at radius 2 is 0.919 bits per heavy atom. The number of nitrogens with one attached hydrogen (secondary N) is 1. The second-order valence-corrected chi connectivity index (χ2v) is 25.2. The van der Waals surface area contributed by atoms with Crippen molar-refractivity contribution in [1.82, 2.24) is 24.9 Å². The van der Waals surface area contributed by atoms with E-state index in [1.165, 1.54) is 0 Å². The number of morpholine rings is 2. The first kappa shape index (κ1) is 76.6. The number of rotatable bonds is 33. The van der Waals surface area contributed by atoms with Crippen LogP contribution in [0.3, 0.4) is 0 Å². The van der Waals surface area contributed by atoms with E-state index in [1.54, 1.807) is 59.6 Å². The van der Waals surface area contributed by atoms with Crippen molar-refractivity contribution >= 4 is 23.9 Å². The van der Waals surface area contributed by atoms with Gasteiger partial charge in [0.05, 0.1) is 82.1 Å². The molecule has 99 heavy (non-hydrogen) atoms. The van der Waals surface area contributed by atoms with E-state index in [0.29, 0.717) is 117 Å². The van der Waals surface area contributed by atoms with E-state index in [9.17, 15) is 19.2 Å². The Morgan fingerprint density at radius 3 is 1.34 bits per heavy atom. The van der Waals surface area contributed by atoms with Gasteiger partial charge in [-0.25, -0.2) is 14.4 Å². The second-order valence-electron chi connectivity index (χ2n) is 25.2. The summed E-state index contributed by atoms with van der Waals surface area (Å²) in [6, 6.07) is 29.4. The van der Waals surface area contributed by atoms with Gasteiger partial charge < -0.3 is 76.7 Å². The largest absolute Gasteiger partial charge is 0.493 e. The smallest absolute Gasteiger partial charge is 0.329 e. The molecule has 4 fully saturated rings. The zero-order chi connectivity index (χ0) is 70.5. The van der Waals surface area contributed by atoms with Gasteiger partial charge in [-0.3, -0.25) is 14.6 Å². The van der Waals surface area contributed by atoms with Gasteiger partial charge in [0, 0.05) is 58.4 Å². The first-order chi connectivity index (χ1) is 48.3. The van der Waals surface area contributed by atoms with E-state index in [4.69, 9.17) is 61.6 Å². The molecule has 9 rings (SSSR count). The Morgan fingerprint density at radius 1 is 0.475 bits per heavy atom. The summed E-state index contributed by atoms with van der Waals surface area (Å²) in [6.45, 7) is 16.3. The number of nitrogens with zero attached hydrogens (tertiary/aromatic N) is 4. The fourth-order valence-corrected chi connectivity index (χ4v) is 13.2. The molecule has 4 heterocycles. The van der Waals surface area contributed by atoms with E-state index in [2.05, 4.69) is 29.0 Å². The summed E-state index contributed by atoms with van der Waals surface area (Å²) < 4.78 is 74.5. The van der Waals surface area contributed by atoms with Crippen molar-refractivity contribution in [3.63, 3.8) is 0 Å². The van der Waals surface area contributed by atoms with Crippen LogP contribution in [0, 0.1) is 0 Å². The lowest BCUT2D eigenvalue weighted by Gasteiger charge is -2.37. The van der Waals surface area contributed by atoms with Crippen LogP contribution >= 0.6 is 0 Å². The van der Waals surface area contributed by atoms with E-state index < -0.39 is 36.2 Å². The third-order valence-electron chi connectivity index (χ3n) is 19.0. The monoisotopic (exact) mass is 1370 g/mol. The van der Waals surface area contributed by atoms with Gasteiger partial charge in [-0.05, 0) is 172 Å². The SMILES string of the molecule is CCC(CC)NC(=O)N1CCCC[C@H]1C(=O)OC(CCc1ccc(OC)c(OC)c1)c1cccc(OCCN2CCOCC2)c1.CC[C@H](C(=O)N1CCCC[C@H]1C(=O)OC(CCc1ccc(OC)c(OC)c1)c1cccc(OCCN2CCOCC2)c1)c1cc(OC)c(OC)c(OC)c1. The highest BCUT2D eigenvalue weighted by molar-refractivity contribution is 5.89. The molecule has 4 aliphatic rings. The molecule has 0 aliphatic carbocycles. The third kappa shape index (κ3) is 21.9. The van der Waals surface area contributed by atoms with Crippen molar-refractivity contribution < 1.29 is 80.8 Å². The number of likely N-dealkylation sites (tertiary alicyclic amines) is 2. The number of carbonyl (C=O) groups is 4. The lowest BCUT2D eigenvalue weighted by atomic mass is 9.91. The second kappa shape index (κ2) is 40.2. The normalized spacial score (nSPS) is 17.5. The molecular weight excluding hydrogens is 1270 g/mol. The first-order valence-electron chi connectivity index (χ1n) is 35.3. The Balaban J connectivity index is 0.000000256. The van der Waals surface area contributed by atoms with Gasteiger partial charge in [-0.2, -0.15) is 0 Å². The van der Waals surface area contributed by atoms with Crippen molar-refractivity contribution in [3.05, 3.63) is 125 Å². The minimum absolute atomic E-state index is 0.0799. The Bertz CT molecular complexity index is 3290. The standard InChI is InChI=1S/C42H56N2O10.C35H51N3O7/c1-7-33(31-27-38(49-4)40(51-6)39(28-31)50-5)41(45)44-18-9-8-13-34(44)42(46)54-35(16-14-29-15-17-36(47-2)37(25-29)48-3)30-11-10-12-32(26-30)53-24-21-43-19-22-52-23-20-43;1-5-28(6-2)36-35(40)38-17-8-7-12-30(38)34(39)45-31(15-13-26-14-16-32(41-3)33(24-26)42-4)27-10-9-11-29(25-27)44-23-20-37-18-21-43-22-19-37/h10-12,15,17,25-28,33-35H,7-9,13-14,16,18-24H2,1-6H3;9-11,14,16,24-25,28,30-31H,5-8,12-13,15,17-23H2,1-4H3,(H,36,40)/t33-,34-,35?;30-,31?/m00/s1. The first-order valence-corrected chi connectivity index (χ1v) is 35.3. The topological polar surface area (TPSA) is 213 Å². The molecule has 0 aromatic heterocycles. The lowest BCUT2D eigenvalue weighted by molar-refractivity contribution is -0.162. The van der Waals surface area contributed by atoms with Crippen molar-refractivity contribution in [2.24, 2.45) is 0 Å². The fraction of sp³-hybridized carbons (Fsp3) is 0.558. The number of methoxy groups -OCH3 is 7. The number of piperidine rings is 2. The molecule has 4 saturated heterocycles. The average molecular weight is 1370 g/mol. The number of aryl methyl sites for hydroxylation is 2. The highest BCUT2D eigenvalue weighted by Crippen LogP contribution is 2.42. The maximum atomic E-state index is 14.4. The van der Waals surface area contributed by atoms with Gasteiger partial charge in [-0.15, -0.1) is 0 Å². The highest BCUT2D eigenvalue weighted by atomic mass is 16.6. The van der Waals surface area contributed by atoms with E-state index >= 15 is 0 Å². The van der Waals surface area contributed by atoms with Crippen molar-refractivity contribution in [3.8, 4) is 51.7 Å². The van der Waals surface area contributed by atoms with Crippen LogP contribution < -0.4 is 47.9 Å². The average Bonchev–Trinajstić information content (AvgIpc) is 0.816. The van der Waals surface area contributed by atoms with Gasteiger partial charge in [0.2, 0.25) is 11.7 Å². The van der Waals surface area contributed by atoms with Crippen LogP contribution in [0.5, 0.6) is 51.7 Å². The van der Waals surface area contributed by atoms with Crippen LogP contribution in [0.2, 0.25) is 0 Å². The molecule has 1 N–H and O–H groups in total. The van der Waals surface area contributed by atoms with Crippen LogP contribution in [-0.4, -0.2) is 203 Å². The van der Waals surface area contributed by atoms with Crippen molar-refractivity contribution in [2.45, 2.75) is 140 Å². The molecule has 2 unspecified atom stereocenters. The number of benzene rings is 5. The summed E-state index contributed by atoms with van der Waals surface area (Å²) in [7, 11) is 11.1. The molecule has 3 amide bonds. The van der Waals surface area contributed by atoms with E-state index in [-0.39, 0.29) is 23.9 Å². The Labute approximate surface area is 586 Å². The minimum atomic E-state index is -0.723. The zero-order valence-corrected chi connectivity index (χ0v) is 60.0. The van der Waals surface area contributed by atoms with Gasteiger partial charge >= 0.3 is 18.0 Å². The molecule has 4 aliphatic heterocycles. The zero-order valence-electron chi connectivity index (χ0n) is 60.0. The summed E-state index contributed by atoms with van der Waals surface area (Å²) in [4.78, 5) is 63.8.